The molecule has 0 aromatic carbocycles. The number of aromatic nitrogens is 2. The zero-order valence-corrected chi connectivity index (χ0v) is 12.8. The molecule has 1 fully saturated rings. The fourth-order valence-corrected chi connectivity index (χ4v) is 2.89. The predicted octanol–water partition coefficient (Wildman–Crippen LogP) is 1.97. The first-order chi connectivity index (χ1) is 10.7. The molecule has 2 aromatic rings. The van der Waals surface area contributed by atoms with Gasteiger partial charge in [0.2, 0.25) is 5.88 Å². The molecule has 0 atom stereocenters. The lowest BCUT2D eigenvalue weighted by Crippen LogP contribution is -2.42. The lowest BCUT2D eigenvalue weighted by Gasteiger charge is -2.38. The summed E-state index contributed by atoms with van der Waals surface area (Å²) in [7, 11) is 1.62. The van der Waals surface area contributed by atoms with E-state index in [1.165, 1.54) is 0 Å². The van der Waals surface area contributed by atoms with Crippen molar-refractivity contribution >= 4 is 0 Å². The predicted molar refractivity (Wildman–Crippen MR) is 83.4 cm³/mol. The largest absolute Gasteiger partial charge is 0.481 e. The van der Waals surface area contributed by atoms with Gasteiger partial charge in [-0.2, -0.15) is 0 Å². The molecule has 2 aromatic heterocycles. The molecule has 0 unspecified atom stereocenters. The van der Waals surface area contributed by atoms with Crippen LogP contribution in [0.1, 0.15) is 24.0 Å². The normalized spacial score (nSPS) is 18.1. The quantitative estimate of drug-likeness (QED) is 0.935. The van der Waals surface area contributed by atoms with E-state index in [9.17, 15) is 5.11 Å². The highest BCUT2D eigenvalue weighted by atomic mass is 16.5. The van der Waals surface area contributed by atoms with Gasteiger partial charge in [-0.3, -0.25) is 9.88 Å². The van der Waals surface area contributed by atoms with E-state index in [1.54, 1.807) is 19.5 Å². The minimum absolute atomic E-state index is 0.633. The Balaban J connectivity index is 1.59. The van der Waals surface area contributed by atoms with E-state index in [2.05, 4.69) is 14.9 Å². The van der Waals surface area contributed by atoms with Gasteiger partial charge in [0.15, 0.2) is 0 Å². The van der Waals surface area contributed by atoms with Crippen LogP contribution in [-0.2, 0) is 12.1 Å². The number of piperidine rings is 1. The van der Waals surface area contributed by atoms with E-state index in [0.29, 0.717) is 5.88 Å². The van der Waals surface area contributed by atoms with Gasteiger partial charge < -0.3 is 9.84 Å². The smallest absolute Gasteiger partial charge is 0.212 e. The zero-order valence-electron chi connectivity index (χ0n) is 12.8. The van der Waals surface area contributed by atoms with E-state index in [4.69, 9.17) is 4.74 Å². The lowest BCUT2D eigenvalue weighted by atomic mass is 9.85. The van der Waals surface area contributed by atoms with Gasteiger partial charge in [0.25, 0.3) is 0 Å². The van der Waals surface area contributed by atoms with Crippen LogP contribution in [0.15, 0.2) is 42.9 Å². The van der Waals surface area contributed by atoms with Crippen molar-refractivity contribution in [1.82, 2.24) is 14.9 Å². The molecule has 5 nitrogen and oxygen atoms in total. The molecule has 0 spiro atoms. The van der Waals surface area contributed by atoms with Gasteiger partial charge >= 0.3 is 0 Å². The van der Waals surface area contributed by atoms with Crippen LogP contribution in [0.4, 0.5) is 0 Å². The first kappa shape index (κ1) is 14.9. The van der Waals surface area contributed by atoms with E-state index < -0.39 is 5.60 Å². The van der Waals surface area contributed by atoms with Crippen molar-refractivity contribution < 1.29 is 9.84 Å². The van der Waals surface area contributed by atoms with Gasteiger partial charge in [-0.25, -0.2) is 4.98 Å². The molecule has 5 heteroatoms. The van der Waals surface area contributed by atoms with E-state index >= 15 is 0 Å². The number of aliphatic hydroxyl groups is 1. The van der Waals surface area contributed by atoms with Crippen LogP contribution in [0.25, 0.3) is 0 Å². The van der Waals surface area contributed by atoms with Crippen molar-refractivity contribution in [3.8, 4) is 5.88 Å². The Morgan fingerprint density at radius 3 is 2.64 bits per heavy atom. The van der Waals surface area contributed by atoms with Crippen molar-refractivity contribution in [2.24, 2.45) is 0 Å². The molecule has 0 aliphatic carbocycles. The Kier molecular flexibility index (Phi) is 4.36. The second-order valence-electron chi connectivity index (χ2n) is 5.76. The Hall–Kier alpha value is -1.98. The molecular formula is C17H21N3O2. The number of methoxy groups -OCH3 is 1. The summed E-state index contributed by atoms with van der Waals surface area (Å²) in [6.07, 6.45) is 6.80. The number of rotatable bonds is 4. The topological polar surface area (TPSA) is 58.5 Å². The Bertz CT molecular complexity index is 593. The van der Waals surface area contributed by atoms with Crippen molar-refractivity contribution in [2.75, 3.05) is 20.2 Å². The van der Waals surface area contributed by atoms with Crippen molar-refractivity contribution in [3.63, 3.8) is 0 Å². The highest BCUT2D eigenvalue weighted by Crippen LogP contribution is 2.32. The number of hydrogen-bond acceptors (Lipinski definition) is 5. The van der Waals surface area contributed by atoms with E-state index in [0.717, 1.165) is 43.6 Å². The van der Waals surface area contributed by atoms with Crippen LogP contribution in [0.3, 0.4) is 0 Å². The molecule has 0 saturated carbocycles. The maximum absolute atomic E-state index is 10.8. The summed E-state index contributed by atoms with van der Waals surface area (Å²) in [5, 5.41) is 10.8. The minimum atomic E-state index is -0.747. The molecule has 1 N–H and O–H groups in total. The highest BCUT2D eigenvalue weighted by molar-refractivity contribution is 5.20. The Labute approximate surface area is 130 Å². The summed E-state index contributed by atoms with van der Waals surface area (Å²) < 4.78 is 5.07. The summed E-state index contributed by atoms with van der Waals surface area (Å²) in [4.78, 5) is 10.7. The first-order valence-corrected chi connectivity index (χ1v) is 7.54. The third-order valence-corrected chi connectivity index (χ3v) is 4.30. The fourth-order valence-electron chi connectivity index (χ4n) is 2.89. The third-order valence-electron chi connectivity index (χ3n) is 4.30. The van der Waals surface area contributed by atoms with Crippen LogP contribution in [0.2, 0.25) is 0 Å². The van der Waals surface area contributed by atoms with Gasteiger partial charge in [-0.15, -0.1) is 0 Å². The second kappa shape index (κ2) is 6.42. The van der Waals surface area contributed by atoms with Gasteiger partial charge in [0.1, 0.15) is 0 Å². The maximum atomic E-state index is 10.8. The molecule has 0 amide bonds. The SMILES string of the molecule is COc1ccc(CN2CCC(O)(c3cccnc3)CC2)cn1. The summed E-state index contributed by atoms with van der Waals surface area (Å²) in [6, 6.07) is 7.75. The second-order valence-corrected chi connectivity index (χ2v) is 5.76. The Morgan fingerprint density at radius 2 is 2.05 bits per heavy atom. The van der Waals surface area contributed by atoms with Crippen molar-refractivity contribution in [2.45, 2.75) is 25.0 Å². The van der Waals surface area contributed by atoms with Crippen LogP contribution in [-0.4, -0.2) is 40.2 Å². The van der Waals surface area contributed by atoms with Crippen LogP contribution >= 0.6 is 0 Å². The zero-order chi connectivity index (χ0) is 15.4. The molecule has 3 rings (SSSR count). The minimum Gasteiger partial charge on any atom is -0.481 e. The molecule has 1 aliphatic heterocycles. The molecule has 1 saturated heterocycles. The summed E-state index contributed by atoms with van der Waals surface area (Å²) in [5.41, 5.74) is 1.33. The third kappa shape index (κ3) is 3.26. The monoisotopic (exact) mass is 299 g/mol. The molecule has 0 bridgehead atoms. The van der Waals surface area contributed by atoms with Gasteiger partial charge in [-0.1, -0.05) is 12.1 Å². The number of ether oxygens (including phenoxy) is 1. The Morgan fingerprint density at radius 1 is 1.23 bits per heavy atom. The summed E-state index contributed by atoms with van der Waals surface area (Å²) in [6.45, 7) is 2.56. The first-order valence-electron chi connectivity index (χ1n) is 7.54. The molecule has 0 radical (unpaired) electrons. The van der Waals surface area contributed by atoms with Gasteiger partial charge in [0, 0.05) is 49.9 Å². The van der Waals surface area contributed by atoms with Crippen LogP contribution in [0, 0.1) is 0 Å². The van der Waals surface area contributed by atoms with Crippen molar-refractivity contribution in [3.05, 3.63) is 54.0 Å². The summed E-state index contributed by atoms with van der Waals surface area (Å²) in [5.74, 6) is 0.633. The number of nitrogens with zero attached hydrogens (tertiary/aromatic N) is 3. The molecule has 1 aliphatic rings. The average Bonchev–Trinajstić information content (AvgIpc) is 2.59. The molecular weight excluding hydrogens is 278 g/mol. The fraction of sp³-hybridized carbons (Fsp3) is 0.412. The van der Waals surface area contributed by atoms with Crippen LogP contribution in [0.5, 0.6) is 5.88 Å². The molecule has 116 valence electrons. The average molecular weight is 299 g/mol. The number of pyridine rings is 2. The molecule has 22 heavy (non-hydrogen) atoms. The lowest BCUT2D eigenvalue weighted by molar-refractivity contribution is -0.0280. The standard InChI is InChI=1S/C17H21N3O2/c1-22-16-5-4-14(11-19-16)13-20-9-6-17(21,7-10-20)15-3-2-8-18-12-15/h2-5,8,11-12,21H,6-7,9-10,13H2,1H3. The van der Waals surface area contributed by atoms with Gasteiger partial charge in [0.05, 0.1) is 12.7 Å². The van der Waals surface area contributed by atoms with Crippen LogP contribution < -0.4 is 4.74 Å². The van der Waals surface area contributed by atoms with Gasteiger partial charge in [-0.05, 0) is 24.5 Å². The van der Waals surface area contributed by atoms with E-state index in [-0.39, 0.29) is 0 Å². The van der Waals surface area contributed by atoms with Crippen molar-refractivity contribution in [1.29, 1.82) is 0 Å². The highest BCUT2D eigenvalue weighted by Gasteiger charge is 2.33. The summed E-state index contributed by atoms with van der Waals surface area (Å²) >= 11 is 0. The number of likely N-dealkylation sites (tertiary alicyclic amines) is 1. The number of hydrogen-bond donors (Lipinski definition) is 1. The van der Waals surface area contributed by atoms with E-state index in [1.807, 2.05) is 30.5 Å². The molecule has 3 heterocycles. The maximum Gasteiger partial charge on any atom is 0.212 e.